The number of carbonyl (C=O) groups excluding carboxylic acids is 2. The Morgan fingerprint density at radius 3 is 2.29 bits per heavy atom. The topological polar surface area (TPSA) is 105 Å². The molecule has 0 aliphatic heterocycles. The maximum Gasteiger partial charge on any atom is 0.407 e. The van der Waals surface area contributed by atoms with Gasteiger partial charge in [0, 0.05) is 11.7 Å². The Kier molecular flexibility index (Phi) is 7.57. The predicted octanol–water partition coefficient (Wildman–Crippen LogP) is 2.46. The summed E-state index contributed by atoms with van der Waals surface area (Å²) in [4.78, 5) is 35.3. The number of carboxylic acids is 1. The van der Waals surface area contributed by atoms with Crippen LogP contribution in [0.25, 0.3) is 11.1 Å². The third kappa shape index (κ3) is 5.58. The van der Waals surface area contributed by atoms with Gasteiger partial charge < -0.3 is 20.5 Å². The Bertz CT molecular complexity index is 972. The third-order valence-corrected chi connectivity index (χ3v) is 5.87. The summed E-state index contributed by atoms with van der Waals surface area (Å²) in [5.74, 6) is 0.723. The number of amides is 2. The van der Waals surface area contributed by atoms with E-state index in [1.54, 1.807) is 0 Å². The quantitative estimate of drug-likeness (QED) is 0.520. The molecular formula is C23H22N2O5S. The van der Waals surface area contributed by atoms with Crippen molar-refractivity contribution in [2.24, 2.45) is 0 Å². The van der Waals surface area contributed by atoms with Crippen molar-refractivity contribution in [3.8, 4) is 23.5 Å². The van der Waals surface area contributed by atoms with Crippen molar-refractivity contribution in [2.75, 3.05) is 24.7 Å². The summed E-state index contributed by atoms with van der Waals surface area (Å²) in [7, 11) is 0. The molecule has 0 saturated carbocycles. The molecule has 0 heterocycles. The van der Waals surface area contributed by atoms with Gasteiger partial charge in [0.2, 0.25) is 5.91 Å². The predicted molar refractivity (Wildman–Crippen MR) is 119 cm³/mol. The van der Waals surface area contributed by atoms with Crippen LogP contribution in [-0.4, -0.2) is 53.8 Å². The SMILES string of the molecule is C#CCNC(=O)CSC[C@H](NC(=O)OCC1c2ccccc2-c2ccccc21)C(=O)O. The monoisotopic (exact) mass is 438 g/mol. The van der Waals surface area contributed by atoms with Crippen molar-refractivity contribution >= 4 is 29.7 Å². The van der Waals surface area contributed by atoms with Crippen molar-refractivity contribution in [1.82, 2.24) is 10.6 Å². The van der Waals surface area contributed by atoms with E-state index < -0.39 is 18.1 Å². The molecule has 1 aliphatic rings. The van der Waals surface area contributed by atoms with Crippen molar-refractivity contribution in [1.29, 1.82) is 0 Å². The van der Waals surface area contributed by atoms with Crippen LogP contribution in [0, 0.1) is 12.3 Å². The molecule has 1 atom stereocenters. The Hall–Kier alpha value is -3.44. The zero-order valence-electron chi connectivity index (χ0n) is 16.7. The number of fused-ring (bicyclic) bond motifs is 3. The largest absolute Gasteiger partial charge is 0.480 e. The lowest BCUT2D eigenvalue weighted by Gasteiger charge is -2.17. The molecule has 31 heavy (non-hydrogen) atoms. The molecule has 0 unspecified atom stereocenters. The summed E-state index contributed by atoms with van der Waals surface area (Å²) in [5.41, 5.74) is 4.35. The molecule has 0 fully saturated rings. The van der Waals surface area contributed by atoms with Crippen molar-refractivity contribution < 1.29 is 24.2 Å². The van der Waals surface area contributed by atoms with Gasteiger partial charge in [-0.1, -0.05) is 54.5 Å². The maximum atomic E-state index is 12.3. The van der Waals surface area contributed by atoms with E-state index >= 15 is 0 Å². The van der Waals surface area contributed by atoms with Gasteiger partial charge in [0.1, 0.15) is 12.6 Å². The number of nitrogens with one attached hydrogen (secondary N) is 2. The minimum atomic E-state index is -1.20. The smallest absolute Gasteiger partial charge is 0.407 e. The van der Waals surface area contributed by atoms with E-state index in [4.69, 9.17) is 11.2 Å². The highest BCUT2D eigenvalue weighted by molar-refractivity contribution is 8.00. The summed E-state index contributed by atoms with van der Waals surface area (Å²) in [6.45, 7) is 0.202. The van der Waals surface area contributed by atoms with Gasteiger partial charge in [-0.05, 0) is 22.3 Å². The Balaban J connectivity index is 1.55. The van der Waals surface area contributed by atoms with Crippen molar-refractivity contribution in [2.45, 2.75) is 12.0 Å². The third-order valence-electron chi connectivity index (χ3n) is 4.84. The number of ether oxygens (including phenoxy) is 1. The molecule has 7 nitrogen and oxygen atoms in total. The Labute approximate surface area is 184 Å². The number of rotatable bonds is 9. The molecule has 2 aromatic rings. The number of benzene rings is 2. The molecule has 0 spiro atoms. The second-order valence-corrected chi connectivity index (χ2v) is 7.89. The summed E-state index contributed by atoms with van der Waals surface area (Å²) >= 11 is 1.08. The number of terminal acetylenes is 1. The fourth-order valence-electron chi connectivity index (χ4n) is 3.43. The van der Waals surface area contributed by atoms with Crippen molar-refractivity contribution in [3.05, 3.63) is 59.7 Å². The highest BCUT2D eigenvalue weighted by Gasteiger charge is 2.29. The summed E-state index contributed by atoms with van der Waals surface area (Å²) in [6.07, 6.45) is 4.25. The van der Waals surface area contributed by atoms with Crippen LogP contribution >= 0.6 is 11.8 Å². The fraction of sp³-hybridized carbons (Fsp3) is 0.261. The normalized spacial score (nSPS) is 12.7. The molecule has 3 rings (SSSR count). The first-order valence-electron chi connectivity index (χ1n) is 9.63. The van der Waals surface area contributed by atoms with E-state index in [0.717, 1.165) is 34.0 Å². The van der Waals surface area contributed by atoms with Gasteiger partial charge >= 0.3 is 12.1 Å². The minimum absolute atomic E-state index is 0.0169. The Morgan fingerprint density at radius 1 is 1.10 bits per heavy atom. The molecule has 8 heteroatoms. The van der Waals surface area contributed by atoms with Gasteiger partial charge in [0.15, 0.2) is 0 Å². The number of carbonyl (C=O) groups is 3. The zero-order chi connectivity index (χ0) is 22.2. The number of carboxylic acid groups (broad SMARTS) is 1. The fourth-order valence-corrected chi connectivity index (χ4v) is 4.29. The first-order valence-corrected chi connectivity index (χ1v) is 10.8. The van der Waals surface area contributed by atoms with Crippen LogP contribution < -0.4 is 10.6 Å². The van der Waals surface area contributed by atoms with Crippen LogP contribution in [0.2, 0.25) is 0 Å². The first-order chi connectivity index (χ1) is 15.0. The van der Waals surface area contributed by atoms with Gasteiger partial charge in [-0.15, -0.1) is 18.2 Å². The van der Waals surface area contributed by atoms with Crippen LogP contribution in [0.1, 0.15) is 17.0 Å². The number of aliphatic carboxylic acids is 1. The second-order valence-electron chi connectivity index (χ2n) is 6.86. The van der Waals surface area contributed by atoms with Crippen LogP contribution in [0.5, 0.6) is 0 Å². The zero-order valence-corrected chi connectivity index (χ0v) is 17.5. The Morgan fingerprint density at radius 2 is 1.71 bits per heavy atom. The number of thioether (sulfide) groups is 1. The minimum Gasteiger partial charge on any atom is -0.480 e. The number of hydrogen-bond donors (Lipinski definition) is 3. The lowest BCUT2D eigenvalue weighted by Crippen LogP contribution is -2.43. The van der Waals surface area contributed by atoms with Crippen LogP contribution in [0.3, 0.4) is 0 Å². The summed E-state index contributed by atoms with van der Waals surface area (Å²) in [6, 6.07) is 14.7. The molecule has 0 radical (unpaired) electrons. The van der Waals surface area contributed by atoms with Crippen molar-refractivity contribution in [3.63, 3.8) is 0 Å². The van der Waals surface area contributed by atoms with Gasteiger partial charge in [-0.25, -0.2) is 9.59 Å². The van der Waals surface area contributed by atoms with E-state index in [2.05, 4.69) is 16.6 Å². The molecule has 160 valence electrons. The van der Waals surface area contributed by atoms with E-state index in [1.165, 1.54) is 0 Å². The molecule has 0 saturated heterocycles. The highest BCUT2D eigenvalue weighted by Crippen LogP contribution is 2.44. The van der Waals surface area contributed by atoms with Crippen LogP contribution in [0.15, 0.2) is 48.5 Å². The first kappa shape index (κ1) is 22.2. The molecule has 0 aromatic heterocycles. The maximum absolute atomic E-state index is 12.3. The van der Waals surface area contributed by atoms with Gasteiger partial charge in [0.05, 0.1) is 12.3 Å². The van der Waals surface area contributed by atoms with Gasteiger partial charge in [-0.3, -0.25) is 4.79 Å². The molecule has 0 bridgehead atoms. The van der Waals surface area contributed by atoms with E-state index in [0.29, 0.717) is 0 Å². The number of hydrogen-bond acceptors (Lipinski definition) is 5. The highest BCUT2D eigenvalue weighted by atomic mass is 32.2. The van der Waals surface area contributed by atoms with Crippen LogP contribution in [0.4, 0.5) is 4.79 Å². The van der Waals surface area contributed by atoms with Gasteiger partial charge in [-0.2, -0.15) is 0 Å². The van der Waals surface area contributed by atoms with Gasteiger partial charge in [0.25, 0.3) is 0 Å². The molecule has 3 N–H and O–H groups in total. The molecule has 2 aromatic carbocycles. The standard InChI is InChI=1S/C23H22N2O5S/c1-2-11-24-21(26)14-31-13-20(22(27)28)25-23(29)30-12-19-17-9-5-3-7-15(17)16-8-4-6-10-18(16)19/h1,3-10,19-20H,11-14H2,(H,24,26)(H,25,29)(H,27,28)/t20-/m0/s1. The number of alkyl carbamates (subject to hydrolysis) is 1. The lowest BCUT2D eigenvalue weighted by molar-refractivity contribution is -0.138. The average molecular weight is 439 g/mol. The average Bonchev–Trinajstić information content (AvgIpc) is 3.09. The summed E-state index contributed by atoms with van der Waals surface area (Å²) in [5, 5.41) is 14.2. The lowest BCUT2D eigenvalue weighted by atomic mass is 9.98. The second kappa shape index (κ2) is 10.5. The molecular weight excluding hydrogens is 416 g/mol. The van der Waals surface area contributed by atoms with E-state index in [9.17, 15) is 19.5 Å². The van der Waals surface area contributed by atoms with E-state index in [-0.39, 0.29) is 36.5 Å². The van der Waals surface area contributed by atoms with Crippen LogP contribution in [-0.2, 0) is 14.3 Å². The van der Waals surface area contributed by atoms with E-state index in [1.807, 2.05) is 48.5 Å². The molecule has 1 aliphatic carbocycles. The molecule has 2 amide bonds. The summed E-state index contributed by atoms with van der Waals surface area (Å²) < 4.78 is 5.38.